The van der Waals surface area contributed by atoms with Gasteiger partial charge in [-0.2, -0.15) is 0 Å². The molecule has 0 aromatic carbocycles. The molecule has 2 aliphatic heterocycles. The Morgan fingerprint density at radius 2 is 2.00 bits per heavy atom. The SMILES string of the molecule is Br.Br.C1CO[C@@H]2CNC[C@@H]2N1. The fraction of sp³-hybridized carbons (Fsp3) is 1.00. The van der Waals surface area contributed by atoms with Gasteiger partial charge in [0.15, 0.2) is 0 Å². The molecule has 0 amide bonds. The summed E-state index contributed by atoms with van der Waals surface area (Å²) in [7, 11) is 0. The molecular weight excluding hydrogens is 276 g/mol. The summed E-state index contributed by atoms with van der Waals surface area (Å²) in [4.78, 5) is 0. The minimum atomic E-state index is 0. The normalized spacial score (nSPS) is 34.9. The summed E-state index contributed by atoms with van der Waals surface area (Å²) in [6.07, 6.45) is 0.443. The van der Waals surface area contributed by atoms with Crippen molar-refractivity contribution >= 4 is 34.0 Å². The third-order valence-electron chi connectivity index (χ3n) is 2.00. The average molecular weight is 290 g/mol. The predicted molar refractivity (Wildman–Crippen MR) is 55.0 cm³/mol. The summed E-state index contributed by atoms with van der Waals surface area (Å²) in [5.41, 5.74) is 0. The van der Waals surface area contributed by atoms with E-state index in [1.54, 1.807) is 0 Å². The minimum Gasteiger partial charge on any atom is -0.374 e. The first-order valence-corrected chi connectivity index (χ1v) is 3.52. The lowest BCUT2D eigenvalue weighted by molar-refractivity contribution is 0.0207. The van der Waals surface area contributed by atoms with Crippen LogP contribution in [0.15, 0.2) is 0 Å². The average Bonchev–Trinajstić information content (AvgIpc) is 2.33. The van der Waals surface area contributed by atoms with E-state index in [0.29, 0.717) is 12.1 Å². The molecule has 3 nitrogen and oxygen atoms in total. The van der Waals surface area contributed by atoms with Gasteiger partial charge in [-0.3, -0.25) is 0 Å². The van der Waals surface area contributed by atoms with Crippen LogP contribution < -0.4 is 10.6 Å². The zero-order valence-corrected chi connectivity index (χ0v) is 9.63. The lowest BCUT2D eigenvalue weighted by Crippen LogP contribution is -2.47. The quantitative estimate of drug-likeness (QED) is 0.664. The first kappa shape index (κ1) is 11.8. The maximum Gasteiger partial charge on any atom is 0.0865 e. The van der Waals surface area contributed by atoms with Gasteiger partial charge in [0, 0.05) is 25.7 Å². The summed E-state index contributed by atoms with van der Waals surface area (Å²) in [5.74, 6) is 0. The molecule has 2 heterocycles. The number of morpholine rings is 1. The van der Waals surface area contributed by atoms with E-state index in [4.69, 9.17) is 4.74 Å². The van der Waals surface area contributed by atoms with Crippen molar-refractivity contribution in [2.75, 3.05) is 26.2 Å². The molecule has 2 saturated heterocycles. The van der Waals surface area contributed by atoms with E-state index < -0.39 is 0 Å². The standard InChI is InChI=1S/C6H12N2O.2BrH/c1-2-9-6-4-7-3-5(6)8-1;;/h5-8H,1-4H2;2*1H/t5-,6+;;/m0../s1. The van der Waals surface area contributed by atoms with Crippen molar-refractivity contribution < 1.29 is 4.74 Å². The second kappa shape index (κ2) is 5.48. The van der Waals surface area contributed by atoms with Crippen LogP contribution in [0.1, 0.15) is 0 Å². The largest absolute Gasteiger partial charge is 0.374 e. The van der Waals surface area contributed by atoms with Crippen LogP contribution in [-0.4, -0.2) is 38.4 Å². The van der Waals surface area contributed by atoms with E-state index in [0.717, 1.165) is 26.2 Å². The van der Waals surface area contributed by atoms with E-state index in [-0.39, 0.29) is 34.0 Å². The van der Waals surface area contributed by atoms with Crippen LogP contribution in [0, 0.1) is 0 Å². The number of halogens is 2. The van der Waals surface area contributed by atoms with Crippen molar-refractivity contribution in [2.24, 2.45) is 0 Å². The molecule has 2 rings (SSSR count). The Bertz CT molecular complexity index is 103. The van der Waals surface area contributed by atoms with Gasteiger partial charge in [-0.05, 0) is 0 Å². The highest BCUT2D eigenvalue weighted by Crippen LogP contribution is 2.07. The highest BCUT2D eigenvalue weighted by atomic mass is 79.9. The van der Waals surface area contributed by atoms with Crippen molar-refractivity contribution in [3.63, 3.8) is 0 Å². The minimum absolute atomic E-state index is 0. The second-order valence-electron chi connectivity index (χ2n) is 2.63. The summed E-state index contributed by atoms with van der Waals surface area (Å²) in [6, 6.07) is 0.582. The molecule has 0 bridgehead atoms. The van der Waals surface area contributed by atoms with Gasteiger partial charge in [0.05, 0.1) is 12.7 Å². The van der Waals surface area contributed by atoms with Crippen molar-refractivity contribution in [3.8, 4) is 0 Å². The van der Waals surface area contributed by atoms with Crippen LogP contribution in [0.25, 0.3) is 0 Å². The molecule has 0 unspecified atom stereocenters. The Morgan fingerprint density at radius 3 is 2.73 bits per heavy atom. The maximum atomic E-state index is 5.48. The summed E-state index contributed by atoms with van der Waals surface area (Å²) >= 11 is 0. The Balaban J connectivity index is 0.000000500. The topological polar surface area (TPSA) is 33.3 Å². The Hall–Kier alpha value is 0.840. The van der Waals surface area contributed by atoms with E-state index >= 15 is 0 Å². The van der Waals surface area contributed by atoms with E-state index in [1.165, 1.54) is 0 Å². The van der Waals surface area contributed by atoms with Gasteiger partial charge < -0.3 is 15.4 Å². The second-order valence-corrected chi connectivity index (χ2v) is 2.63. The van der Waals surface area contributed by atoms with Gasteiger partial charge in [0.25, 0.3) is 0 Å². The van der Waals surface area contributed by atoms with Gasteiger partial charge in [-0.1, -0.05) is 0 Å². The fourth-order valence-electron chi connectivity index (χ4n) is 1.49. The Kier molecular flexibility index (Phi) is 5.90. The summed E-state index contributed by atoms with van der Waals surface area (Å²) in [6.45, 7) is 3.99. The number of rotatable bonds is 0. The fourth-order valence-corrected chi connectivity index (χ4v) is 1.49. The highest BCUT2D eigenvalue weighted by molar-refractivity contribution is 8.93. The first-order valence-electron chi connectivity index (χ1n) is 3.52. The van der Waals surface area contributed by atoms with Crippen LogP contribution >= 0.6 is 34.0 Å². The zero-order valence-electron chi connectivity index (χ0n) is 6.21. The molecule has 0 saturated carbocycles. The van der Waals surface area contributed by atoms with Gasteiger partial charge in [0.2, 0.25) is 0 Å². The number of ether oxygens (including phenoxy) is 1. The molecule has 2 atom stereocenters. The van der Waals surface area contributed by atoms with E-state index in [9.17, 15) is 0 Å². The molecule has 11 heavy (non-hydrogen) atoms. The Labute approximate surface area is 87.8 Å². The molecule has 0 aliphatic carbocycles. The molecule has 2 N–H and O–H groups in total. The van der Waals surface area contributed by atoms with Crippen molar-refractivity contribution in [1.82, 2.24) is 10.6 Å². The van der Waals surface area contributed by atoms with Crippen LogP contribution in [0.5, 0.6) is 0 Å². The Morgan fingerprint density at radius 1 is 1.18 bits per heavy atom. The third kappa shape index (κ3) is 2.66. The van der Waals surface area contributed by atoms with E-state index in [2.05, 4.69) is 10.6 Å². The van der Waals surface area contributed by atoms with Gasteiger partial charge in [-0.25, -0.2) is 0 Å². The molecule has 0 radical (unpaired) electrons. The van der Waals surface area contributed by atoms with Crippen LogP contribution in [0.4, 0.5) is 0 Å². The molecule has 0 spiro atoms. The number of hydrogen-bond acceptors (Lipinski definition) is 3. The molecule has 2 fully saturated rings. The molecule has 2 aliphatic rings. The van der Waals surface area contributed by atoms with Crippen molar-refractivity contribution in [2.45, 2.75) is 12.1 Å². The molecule has 0 aromatic rings. The van der Waals surface area contributed by atoms with E-state index in [1.807, 2.05) is 0 Å². The number of nitrogens with one attached hydrogen (secondary N) is 2. The maximum absolute atomic E-state index is 5.48. The molecular formula is C6H14Br2N2O. The van der Waals surface area contributed by atoms with Gasteiger partial charge in [0.1, 0.15) is 0 Å². The zero-order chi connectivity index (χ0) is 6.10. The van der Waals surface area contributed by atoms with Crippen LogP contribution in [0.2, 0.25) is 0 Å². The van der Waals surface area contributed by atoms with Crippen molar-refractivity contribution in [3.05, 3.63) is 0 Å². The highest BCUT2D eigenvalue weighted by Gasteiger charge is 2.29. The third-order valence-corrected chi connectivity index (χ3v) is 2.00. The summed E-state index contributed by atoms with van der Waals surface area (Å²) in [5, 5.41) is 6.67. The molecule has 0 aromatic heterocycles. The monoisotopic (exact) mass is 288 g/mol. The predicted octanol–water partition coefficient (Wildman–Crippen LogP) is 0.102. The van der Waals surface area contributed by atoms with Gasteiger partial charge >= 0.3 is 0 Å². The van der Waals surface area contributed by atoms with Crippen molar-refractivity contribution in [1.29, 1.82) is 0 Å². The first-order chi connectivity index (χ1) is 4.47. The van der Waals surface area contributed by atoms with Crippen LogP contribution in [-0.2, 0) is 4.74 Å². The molecule has 5 heteroatoms. The lowest BCUT2D eigenvalue weighted by Gasteiger charge is -2.25. The molecule has 68 valence electrons. The van der Waals surface area contributed by atoms with Gasteiger partial charge in [-0.15, -0.1) is 34.0 Å². The number of hydrogen-bond donors (Lipinski definition) is 2. The lowest BCUT2D eigenvalue weighted by atomic mass is 10.2. The smallest absolute Gasteiger partial charge is 0.0865 e. The summed E-state index contributed by atoms with van der Waals surface area (Å²) < 4.78 is 5.48. The van der Waals surface area contributed by atoms with Crippen LogP contribution in [0.3, 0.4) is 0 Å². The number of fused-ring (bicyclic) bond motifs is 1.